The van der Waals surface area contributed by atoms with Gasteiger partial charge in [0.15, 0.2) is 5.78 Å². The number of Topliss-reactive ketones (excluding diaryl/α,β-unsaturated/α-hetero) is 2. The van der Waals surface area contributed by atoms with Gasteiger partial charge in [-0.3, -0.25) is 9.59 Å². The topological polar surface area (TPSA) is 72.8 Å². The molecule has 1 N–H and O–H groups in total. The van der Waals surface area contributed by atoms with Crippen LogP contribution in [0.2, 0.25) is 5.82 Å². The summed E-state index contributed by atoms with van der Waals surface area (Å²) in [6, 6.07) is 9.09. The second-order valence-corrected chi connectivity index (χ2v) is 10.6. The number of benzene rings is 1. The van der Waals surface area contributed by atoms with Crippen molar-refractivity contribution in [2.45, 2.75) is 89.3 Å². The van der Waals surface area contributed by atoms with Crippen molar-refractivity contribution in [1.82, 2.24) is 0 Å². The largest absolute Gasteiger partial charge is 0.462 e. The molecule has 162 valence electrons. The van der Waals surface area contributed by atoms with Gasteiger partial charge in [-0.15, -0.1) is 0 Å². The first-order valence-electron chi connectivity index (χ1n) is 11.1. The fourth-order valence-electron chi connectivity index (χ4n) is 5.69. The summed E-state index contributed by atoms with van der Waals surface area (Å²) in [4.78, 5) is 26.8. The van der Waals surface area contributed by atoms with Gasteiger partial charge < -0.3 is 14.4 Å². The summed E-state index contributed by atoms with van der Waals surface area (Å²) < 4.78 is 12.7. The molecule has 2 saturated carbocycles. The molecule has 4 atom stereocenters. The predicted molar refractivity (Wildman–Crippen MR) is 115 cm³/mol. The van der Waals surface area contributed by atoms with Crippen molar-refractivity contribution in [2.24, 2.45) is 11.3 Å². The maximum atomic E-state index is 13.8. The first kappa shape index (κ1) is 21.7. The second-order valence-electron chi connectivity index (χ2n) is 10.6. The summed E-state index contributed by atoms with van der Waals surface area (Å²) in [7, 11) is -0.599. The molecular formula is C24H33BO5. The fourth-order valence-corrected chi connectivity index (χ4v) is 5.69. The number of hydrogen-bond acceptors (Lipinski definition) is 5. The van der Waals surface area contributed by atoms with Crippen LogP contribution < -0.4 is 0 Å². The lowest BCUT2D eigenvalue weighted by atomic mass is 9.43. The van der Waals surface area contributed by atoms with E-state index in [4.69, 9.17) is 9.31 Å². The second kappa shape index (κ2) is 7.01. The number of carbonyl (C=O) groups excluding carboxylic acids is 2. The number of aliphatic hydroxyl groups is 1. The van der Waals surface area contributed by atoms with Gasteiger partial charge in [-0.2, -0.15) is 0 Å². The molecule has 2 aliphatic carbocycles. The molecule has 1 saturated heterocycles. The van der Waals surface area contributed by atoms with E-state index in [1.807, 2.05) is 52.8 Å². The Balaban J connectivity index is 1.79. The van der Waals surface area contributed by atoms with E-state index in [1.54, 1.807) is 12.1 Å². The van der Waals surface area contributed by atoms with Crippen molar-refractivity contribution in [2.75, 3.05) is 0 Å². The standard InChI is InChI=1S/C24H33BO5/c1-21(2)22(3,4)30-25(29-21)17-13-15-23(5)18(26)12-9-14-24(23,28)19(17)20(27)16-10-7-6-8-11-16/h6-8,10-11,17,19,28H,9,12-15H2,1-5H3/t17-,19-,23-,24+/m1/s1. The molecule has 0 spiro atoms. The minimum Gasteiger partial charge on any atom is -0.403 e. The Hall–Kier alpha value is -1.50. The Labute approximate surface area is 179 Å². The first-order chi connectivity index (χ1) is 13.9. The average Bonchev–Trinajstić information content (AvgIpc) is 2.90. The van der Waals surface area contributed by atoms with Gasteiger partial charge in [0.2, 0.25) is 0 Å². The highest BCUT2D eigenvalue weighted by atomic mass is 16.7. The van der Waals surface area contributed by atoms with Gasteiger partial charge in [0.05, 0.1) is 28.1 Å². The molecule has 1 aromatic carbocycles. The van der Waals surface area contributed by atoms with Crippen molar-refractivity contribution in [3.05, 3.63) is 35.9 Å². The van der Waals surface area contributed by atoms with Crippen LogP contribution in [0.5, 0.6) is 0 Å². The van der Waals surface area contributed by atoms with Crippen LogP contribution in [0.25, 0.3) is 0 Å². The van der Waals surface area contributed by atoms with Crippen LogP contribution in [0.4, 0.5) is 0 Å². The maximum absolute atomic E-state index is 13.8. The quantitative estimate of drug-likeness (QED) is 0.594. The van der Waals surface area contributed by atoms with Gasteiger partial charge in [-0.05, 0) is 53.9 Å². The van der Waals surface area contributed by atoms with Crippen molar-refractivity contribution >= 4 is 18.7 Å². The van der Waals surface area contributed by atoms with Gasteiger partial charge in [-0.25, -0.2) is 0 Å². The summed E-state index contributed by atoms with van der Waals surface area (Å²) in [6.07, 6.45) is 2.64. The van der Waals surface area contributed by atoms with E-state index < -0.39 is 35.3 Å². The summed E-state index contributed by atoms with van der Waals surface area (Å²) >= 11 is 0. The Kier molecular flexibility index (Phi) is 5.08. The number of rotatable bonds is 3. The third-order valence-electron chi connectivity index (χ3n) is 8.41. The van der Waals surface area contributed by atoms with Crippen molar-refractivity contribution in [3.8, 4) is 0 Å². The van der Waals surface area contributed by atoms with E-state index in [-0.39, 0.29) is 17.4 Å². The van der Waals surface area contributed by atoms with Gasteiger partial charge in [0, 0.05) is 17.8 Å². The van der Waals surface area contributed by atoms with Crippen molar-refractivity contribution < 1.29 is 24.0 Å². The number of carbonyl (C=O) groups is 2. The molecule has 0 aromatic heterocycles. The summed E-state index contributed by atoms with van der Waals surface area (Å²) in [5.74, 6) is -1.13. The lowest BCUT2D eigenvalue weighted by Crippen LogP contribution is -2.65. The zero-order valence-corrected chi connectivity index (χ0v) is 18.7. The molecule has 3 fully saturated rings. The zero-order valence-electron chi connectivity index (χ0n) is 18.7. The molecule has 0 unspecified atom stereocenters. The van der Waals surface area contributed by atoms with E-state index in [0.717, 1.165) is 0 Å². The smallest absolute Gasteiger partial charge is 0.403 e. The van der Waals surface area contributed by atoms with Crippen molar-refractivity contribution in [3.63, 3.8) is 0 Å². The monoisotopic (exact) mass is 412 g/mol. The van der Waals surface area contributed by atoms with Gasteiger partial charge in [-0.1, -0.05) is 36.8 Å². The summed E-state index contributed by atoms with van der Waals surface area (Å²) in [6.45, 7) is 9.82. The zero-order chi connectivity index (χ0) is 21.9. The molecule has 6 heteroatoms. The Bertz CT molecular complexity index is 834. The Morgan fingerprint density at radius 3 is 2.23 bits per heavy atom. The number of ketones is 2. The van der Waals surface area contributed by atoms with Crippen LogP contribution >= 0.6 is 0 Å². The number of fused-ring (bicyclic) bond motifs is 1. The van der Waals surface area contributed by atoms with Gasteiger partial charge in [0.25, 0.3) is 0 Å². The predicted octanol–water partition coefficient (Wildman–Crippen LogP) is 4.23. The molecule has 1 aliphatic heterocycles. The molecule has 3 aliphatic rings. The molecule has 1 heterocycles. The van der Waals surface area contributed by atoms with Crippen LogP contribution in [-0.2, 0) is 14.1 Å². The van der Waals surface area contributed by atoms with E-state index in [2.05, 4.69) is 0 Å². The highest BCUT2D eigenvalue weighted by Crippen LogP contribution is 2.60. The van der Waals surface area contributed by atoms with E-state index in [1.165, 1.54) is 0 Å². The summed E-state index contributed by atoms with van der Waals surface area (Å²) in [5.41, 5.74) is -2.81. The fraction of sp³-hybridized carbons (Fsp3) is 0.667. The first-order valence-corrected chi connectivity index (χ1v) is 11.1. The molecule has 4 rings (SSSR count). The Morgan fingerprint density at radius 1 is 1.03 bits per heavy atom. The SMILES string of the molecule is CC1(C)OB([C@@H]2CC[C@]3(C)C(=O)CCC[C@]3(O)[C@H]2C(=O)c2ccccc2)OC1(C)C. The Morgan fingerprint density at radius 2 is 1.63 bits per heavy atom. The molecular weight excluding hydrogens is 379 g/mol. The third kappa shape index (κ3) is 3.02. The molecule has 0 amide bonds. The maximum Gasteiger partial charge on any atom is 0.462 e. The minimum absolute atomic E-state index is 0.0643. The van der Waals surface area contributed by atoms with Gasteiger partial charge in [0.1, 0.15) is 5.78 Å². The molecule has 1 aromatic rings. The normalized spacial score (nSPS) is 37.7. The lowest BCUT2D eigenvalue weighted by molar-refractivity contribution is -0.174. The molecule has 30 heavy (non-hydrogen) atoms. The molecule has 5 nitrogen and oxygen atoms in total. The molecule has 0 radical (unpaired) electrons. The van der Waals surface area contributed by atoms with E-state index >= 15 is 0 Å². The van der Waals surface area contributed by atoms with Crippen LogP contribution in [0.1, 0.15) is 77.1 Å². The summed E-state index contributed by atoms with van der Waals surface area (Å²) in [5, 5.41) is 12.1. The van der Waals surface area contributed by atoms with Crippen LogP contribution in [-0.4, -0.2) is 40.6 Å². The average molecular weight is 412 g/mol. The van der Waals surface area contributed by atoms with Crippen LogP contribution in [0.3, 0.4) is 0 Å². The van der Waals surface area contributed by atoms with Gasteiger partial charge >= 0.3 is 7.12 Å². The molecule has 0 bridgehead atoms. The highest BCUT2D eigenvalue weighted by Gasteiger charge is 2.67. The lowest BCUT2D eigenvalue weighted by Gasteiger charge is -2.56. The third-order valence-corrected chi connectivity index (χ3v) is 8.41. The van der Waals surface area contributed by atoms with E-state index in [0.29, 0.717) is 37.7 Å². The minimum atomic E-state index is -1.40. The number of hydrogen-bond donors (Lipinski definition) is 1. The van der Waals surface area contributed by atoms with Crippen molar-refractivity contribution in [1.29, 1.82) is 0 Å². The highest BCUT2D eigenvalue weighted by molar-refractivity contribution is 6.48. The van der Waals surface area contributed by atoms with Crippen LogP contribution in [0, 0.1) is 11.3 Å². The van der Waals surface area contributed by atoms with Crippen LogP contribution in [0.15, 0.2) is 30.3 Å². The van der Waals surface area contributed by atoms with E-state index in [9.17, 15) is 14.7 Å².